The molecule has 1 spiro atoms. The molecule has 0 bridgehead atoms. The largest absolute Gasteiger partial charge is 0.395 e. The lowest BCUT2D eigenvalue weighted by Crippen LogP contribution is -2.58. The van der Waals surface area contributed by atoms with Gasteiger partial charge in [-0.25, -0.2) is 4.79 Å². The average Bonchev–Trinajstić information content (AvgIpc) is 3.53. The van der Waals surface area contributed by atoms with Crippen LogP contribution in [0.4, 0.5) is 4.79 Å². The van der Waals surface area contributed by atoms with Crippen molar-refractivity contribution in [2.75, 3.05) is 32.8 Å². The molecule has 8 nitrogen and oxygen atoms in total. The van der Waals surface area contributed by atoms with E-state index in [0.29, 0.717) is 45.3 Å². The lowest BCUT2D eigenvalue weighted by atomic mass is 9.85. The van der Waals surface area contributed by atoms with E-state index in [4.69, 9.17) is 0 Å². The van der Waals surface area contributed by atoms with Crippen LogP contribution in [0.1, 0.15) is 31.2 Å². The molecule has 0 aromatic heterocycles. The summed E-state index contributed by atoms with van der Waals surface area (Å²) in [7, 11) is 0. The molecule has 0 atom stereocenters. The number of likely N-dealkylation sites (tertiary alicyclic amines) is 1. The molecule has 1 aromatic carbocycles. The highest BCUT2D eigenvalue weighted by molar-refractivity contribution is 6.07. The zero-order valence-electron chi connectivity index (χ0n) is 16.4. The maximum Gasteiger partial charge on any atom is 0.328 e. The highest BCUT2D eigenvalue weighted by Gasteiger charge is 2.59. The molecule has 0 radical (unpaired) electrons. The highest BCUT2D eigenvalue weighted by atomic mass is 16.3. The van der Waals surface area contributed by atoms with Gasteiger partial charge in [0, 0.05) is 19.6 Å². The van der Waals surface area contributed by atoms with E-state index < -0.39 is 11.0 Å². The SMILES string of the molecule is O=C1N(CCO)C(=O)C2(CCN(C(=O)C3(CO)CC3)CC2)N1Cc1ccccc1. The van der Waals surface area contributed by atoms with Gasteiger partial charge >= 0.3 is 6.03 Å². The van der Waals surface area contributed by atoms with E-state index in [1.807, 2.05) is 30.3 Å². The summed E-state index contributed by atoms with van der Waals surface area (Å²) in [6.45, 7) is 0.601. The fourth-order valence-corrected chi connectivity index (χ4v) is 4.55. The first kappa shape index (κ1) is 19.8. The predicted molar refractivity (Wildman–Crippen MR) is 103 cm³/mol. The number of carbonyl (C=O) groups is 3. The summed E-state index contributed by atoms with van der Waals surface area (Å²) in [5.41, 5.74) is -0.698. The minimum absolute atomic E-state index is 0.0268. The van der Waals surface area contributed by atoms with Crippen molar-refractivity contribution >= 4 is 17.8 Å². The second-order valence-corrected chi connectivity index (χ2v) is 8.30. The highest BCUT2D eigenvalue weighted by Crippen LogP contribution is 2.48. The van der Waals surface area contributed by atoms with Crippen molar-refractivity contribution in [3.8, 4) is 0 Å². The standard InChI is InChI=1S/C21H27N3O5/c25-13-12-23-18(28)21(24(19(23)29)14-16-4-2-1-3-5-16)8-10-22(11-9-21)17(27)20(15-26)6-7-20/h1-5,25-26H,6-15H2. The molecular formula is C21H27N3O5. The second-order valence-electron chi connectivity index (χ2n) is 8.30. The van der Waals surface area contributed by atoms with E-state index in [9.17, 15) is 24.6 Å². The number of nitrogens with zero attached hydrogens (tertiary/aromatic N) is 3. The van der Waals surface area contributed by atoms with E-state index in [0.717, 1.165) is 10.5 Å². The molecule has 2 saturated heterocycles. The quantitative estimate of drug-likeness (QED) is 0.679. The van der Waals surface area contributed by atoms with Crippen molar-refractivity contribution < 1.29 is 24.6 Å². The van der Waals surface area contributed by atoms with Crippen molar-refractivity contribution in [1.82, 2.24) is 14.7 Å². The number of benzene rings is 1. The normalized spacial score (nSPS) is 22.5. The van der Waals surface area contributed by atoms with Crippen LogP contribution in [0.15, 0.2) is 30.3 Å². The van der Waals surface area contributed by atoms with Crippen LogP contribution in [-0.4, -0.2) is 81.1 Å². The monoisotopic (exact) mass is 401 g/mol. The topological polar surface area (TPSA) is 101 Å². The molecule has 1 aliphatic carbocycles. The van der Waals surface area contributed by atoms with E-state index in [1.165, 1.54) is 0 Å². The van der Waals surface area contributed by atoms with Crippen molar-refractivity contribution in [2.45, 2.75) is 37.8 Å². The Kier molecular flexibility index (Phi) is 5.08. The number of amides is 4. The Bertz CT molecular complexity index is 800. The van der Waals surface area contributed by atoms with Crippen LogP contribution in [0.3, 0.4) is 0 Å². The molecule has 3 aliphatic rings. The number of hydrogen-bond donors (Lipinski definition) is 2. The zero-order valence-corrected chi connectivity index (χ0v) is 16.4. The van der Waals surface area contributed by atoms with Crippen LogP contribution in [-0.2, 0) is 16.1 Å². The molecule has 4 rings (SSSR count). The molecule has 156 valence electrons. The van der Waals surface area contributed by atoms with Crippen LogP contribution in [0.25, 0.3) is 0 Å². The number of aliphatic hydroxyl groups excluding tert-OH is 2. The molecule has 8 heteroatoms. The van der Waals surface area contributed by atoms with Gasteiger partial charge in [0.2, 0.25) is 5.91 Å². The van der Waals surface area contributed by atoms with Gasteiger partial charge in [0.15, 0.2) is 0 Å². The van der Waals surface area contributed by atoms with Gasteiger partial charge in [-0.1, -0.05) is 30.3 Å². The van der Waals surface area contributed by atoms with Crippen LogP contribution in [0.2, 0.25) is 0 Å². The predicted octanol–water partition coefficient (Wildman–Crippen LogP) is 0.577. The third kappa shape index (κ3) is 3.20. The van der Waals surface area contributed by atoms with E-state index in [2.05, 4.69) is 0 Å². The van der Waals surface area contributed by atoms with E-state index in [1.54, 1.807) is 9.80 Å². The first-order valence-corrected chi connectivity index (χ1v) is 10.2. The number of β-amino-alcohol motifs (C(OH)–C–C–N with tert-alkyl or cyclic N) is 1. The Morgan fingerprint density at radius 1 is 1.00 bits per heavy atom. The second kappa shape index (κ2) is 7.42. The van der Waals surface area contributed by atoms with Gasteiger partial charge in [0.1, 0.15) is 5.54 Å². The van der Waals surface area contributed by atoms with E-state index >= 15 is 0 Å². The lowest BCUT2D eigenvalue weighted by Gasteiger charge is -2.43. The molecule has 2 N–H and O–H groups in total. The Hall–Kier alpha value is -2.45. The summed E-state index contributed by atoms with van der Waals surface area (Å²) >= 11 is 0. The molecule has 4 amide bonds. The molecule has 0 unspecified atom stereocenters. The summed E-state index contributed by atoms with van der Waals surface area (Å²) in [6.07, 6.45) is 2.12. The summed E-state index contributed by atoms with van der Waals surface area (Å²) in [6, 6.07) is 9.12. The average molecular weight is 401 g/mol. The van der Waals surface area contributed by atoms with Crippen molar-refractivity contribution in [3.63, 3.8) is 0 Å². The molecule has 29 heavy (non-hydrogen) atoms. The number of aliphatic hydroxyl groups is 2. The van der Waals surface area contributed by atoms with Crippen LogP contribution >= 0.6 is 0 Å². The van der Waals surface area contributed by atoms with E-state index in [-0.39, 0.29) is 37.6 Å². The lowest BCUT2D eigenvalue weighted by molar-refractivity contribution is -0.145. The number of imide groups is 1. The van der Waals surface area contributed by atoms with Crippen LogP contribution in [0, 0.1) is 5.41 Å². The van der Waals surface area contributed by atoms with Gasteiger partial charge in [-0.05, 0) is 31.2 Å². The first-order valence-electron chi connectivity index (χ1n) is 10.2. The molecule has 2 aliphatic heterocycles. The maximum atomic E-state index is 13.2. The third-order valence-electron chi connectivity index (χ3n) is 6.62. The molecular weight excluding hydrogens is 374 g/mol. The van der Waals surface area contributed by atoms with Crippen LogP contribution in [0.5, 0.6) is 0 Å². The number of carbonyl (C=O) groups excluding carboxylic acids is 3. The van der Waals surface area contributed by atoms with Gasteiger partial charge < -0.3 is 20.0 Å². The van der Waals surface area contributed by atoms with Crippen molar-refractivity contribution in [2.24, 2.45) is 5.41 Å². The number of piperidine rings is 1. The molecule has 1 aromatic rings. The molecule has 1 saturated carbocycles. The summed E-state index contributed by atoms with van der Waals surface area (Å²) in [5.74, 6) is -0.337. The van der Waals surface area contributed by atoms with Gasteiger partial charge in [0.05, 0.1) is 25.2 Å². The smallest absolute Gasteiger partial charge is 0.328 e. The molecule has 3 fully saturated rings. The molecule has 2 heterocycles. The van der Waals surface area contributed by atoms with Gasteiger partial charge in [-0.3, -0.25) is 14.5 Å². The summed E-state index contributed by atoms with van der Waals surface area (Å²) in [5, 5.41) is 18.9. The number of urea groups is 1. The van der Waals surface area contributed by atoms with Gasteiger partial charge in [-0.2, -0.15) is 0 Å². The first-order chi connectivity index (χ1) is 14.0. The number of hydrogen-bond acceptors (Lipinski definition) is 5. The fourth-order valence-electron chi connectivity index (χ4n) is 4.55. The Labute approximate surface area is 169 Å². The third-order valence-corrected chi connectivity index (χ3v) is 6.62. The Morgan fingerprint density at radius 2 is 1.66 bits per heavy atom. The summed E-state index contributed by atoms with van der Waals surface area (Å²) in [4.78, 5) is 43.5. The minimum atomic E-state index is -0.991. The number of rotatable bonds is 6. The maximum absolute atomic E-state index is 13.2. The zero-order chi connectivity index (χ0) is 20.6. The fraction of sp³-hybridized carbons (Fsp3) is 0.571. The van der Waals surface area contributed by atoms with Crippen molar-refractivity contribution in [3.05, 3.63) is 35.9 Å². The van der Waals surface area contributed by atoms with Crippen molar-refractivity contribution in [1.29, 1.82) is 0 Å². The summed E-state index contributed by atoms with van der Waals surface area (Å²) < 4.78 is 0. The van der Waals surface area contributed by atoms with Crippen LogP contribution < -0.4 is 0 Å². The Balaban J connectivity index is 1.56. The minimum Gasteiger partial charge on any atom is -0.395 e. The van der Waals surface area contributed by atoms with Gasteiger partial charge in [0.25, 0.3) is 5.91 Å². The van der Waals surface area contributed by atoms with Gasteiger partial charge in [-0.15, -0.1) is 0 Å². The Morgan fingerprint density at radius 3 is 2.21 bits per heavy atom.